The summed E-state index contributed by atoms with van der Waals surface area (Å²) in [5.41, 5.74) is 3.21. The summed E-state index contributed by atoms with van der Waals surface area (Å²) in [5.74, 6) is 0.946. The van der Waals surface area contributed by atoms with Crippen LogP contribution in [0.15, 0.2) is 54.9 Å². The summed E-state index contributed by atoms with van der Waals surface area (Å²) in [7, 11) is 0. The summed E-state index contributed by atoms with van der Waals surface area (Å²) in [6.45, 7) is 4.10. The summed E-state index contributed by atoms with van der Waals surface area (Å²) in [5, 5.41) is 3.00. The number of imidazole rings is 1. The van der Waals surface area contributed by atoms with Gasteiger partial charge in [-0.05, 0) is 43.5 Å². The van der Waals surface area contributed by atoms with Gasteiger partial charge in [0.25, 0.3) is 0 Å². The van der Waals surface area contributed by atoms with Crippen molar-refractivity contribution in [1.82, 2.24) is 14.9 Å². The fourth-order valence-electron chi connectivity index (χ4n) is 3.01. The molecule has 1 heterocycles. The predicted octanol–water partition coefficient (Wildman–Crippen LogP) is 3.57. The van der Waals surface area contributed by atoms with Crippen molar-refractivity contribution in [3.63, 3.8) is 0 Å². The van der Waals surface area contributed by atoms with E-state index in [1.807, 2.05) is 55.7 Å². The number of ether oxygens (including phenoxy) is 1. The van der Waals surface area contributed by atoms with Crippen molar-refractivity contribution in [2.45, 2.75) is 32.7 Å². The Morgan fingerprint density at radius 2 is 1.96 bits per heavy atom. The molecule has 0 radical (unpaired) electrons. The first-order valence-electron chi connectivity index (χ1n) is 9.15. The number of carbonyl (C=O) groups is 1. The number of amides is 1. The fraction of sp³-hybridized carbons (Fsp3) is 0.333. The molecule has 1 aromatic heterocycles. The van der Waals surface area contributed by atoms with Crippen molar-refractivity contribution in [3.8, 4) is 5.75 Å². The van der Waals surface area contributed by atoms with Gasteiger partial charge in [-0.3, -0.25) is 4.79 Å². The zero-order valence-corrected chi connectivity index (χ0v) is 15.1. The van der Waals surface area contributed by atoms with Crippen LogP contribution < -0.4 is 10.1 Å². The van der Waals surface area contributed by atoms with Gasteiger partial charge in [0.2, 0.25) is 5.91 Å². The number of aryl methyl sites for hydroxylation is 2. The number of carbonyl (C=O) groups excluding carboxylic acids is 1. The van der Waals surface area contributed by atoms with Crippen LogP contribution in [0, 0.1) is 0 Å². The summed E-state index contributed by atoms with van der Waals surface area (Å²) < 4.78 is 7.73. The molecule has 0 saturated heterocycles. The van der Waals surface area contributed by atoms with Gasteiger partial charge in [0.05, 0.1) is 24.0 Å². The number of hydrogen-bond donors (Lipinski definition) is 1. The van der Waals surface area contributed by atoms with Crippen molar-refractivity contribution in [1.29, 1.82) is 0 Å². The first-order chi connectivity index (χ1) is 12.8. The van der Waals surface area contributed by atoms with E-state index >= 15 is 0 Å². The highest BCUT2D eigenvalue weighted by atomic mass is 16.5. The van der Waals surface area contributed by atoms with Gasteiger partial charge in [0.15, 0.2) is 0 Å². The SMILES string of the molecule is CCOc1ccccc1CCC(=O)NCCCn1cnc2ccccc21. The molecule has 0 bridgehead atoms. The monoisotopic (exact) mass is 351 g/mol. The highest BCUT2D eigenvalue weighted by molar-refractivity contribution is 5.76. The van der Waals surface area contributed by atoms with E-state index in [0.29, 0.717) is 26.0 Å². The molecule has 0 saturated carbocycles. The van der Waals surface area contributed by atoms with Crippen LogP contribution in [-0.2, 0) is 17.8 Å². The second-order valence-electron chi connectivity index (χ2n) is 6.17. The minimum absolute atomic E-state index is 0.0757. The number of aromatic nitrogens is 2. The van der Waals surface area contributed by atoms with Crippen molar-refractivity contribution in [2.24, 2.45) is 0 Å². The number of nitrogens with zero attached hydrogens (tertiary/aromatic N) is 2. The summed E-state index contributed by atoms with van der Waals surface area (Å²) in [6, 6.07) is 16.0. The average molecular weight is 351 g/mol. The van der Waals surface area contributed by atoms with Crippen molar-refractivity contribution >= 4 is 16.9 Å². The van der Waals surface area contributed by atoms with E-state index in [0.717, 1.165) is 35.3 Å². The van der Waals surface area contributed by atoms with Gasteiger partial charge in [-0.1, -0.05) is 30.3 Å². The smallest absolute Gasteiger partial charge is 0.220 e. The lowest BCUT2D eigenvalue weighted by Crippen LogP contribution is -2.25. The second-order valence-corrected chi connectivity index (χ2v) is 6.17. The first kappa shape index (κ1) is 18.0. The third-order valence-corrected chi connectivity index (χ3v) is 4.32. The molecule has 5 heteroatoms. The van der Waals surface area contributed by atoms with Crippen LogP contribution >= 0.6 is 0 Å². The Balaban J connectivity index is 1.41. The van der Waals surface area contributed by atoms with E-state index in [2.05, 4.69) is 20.9 Å². The topological polar surface area (TPSA) is 56.1 Å². The molecule has 0 aliphatic heterocycles. The quantitative estimate of drug-likeness (QED) is 0.600. The Hall–Kier alpha value is -2.82. The molecule has 5 nitrogen and oxygen atoms in total. The molecule has 1 amide bonds. The largest absolute Gasteiger partial charge is 0.494 e. The summed E-state index contributed by atoms with van der Waals surface area (Å²) in [4.78, 5) is 16.5. The molecule has 3 aromatic rings. The maximum atomic E-state index is 12.1. The maximum absolute atomic E-state index is 12.1. The Bertz CT molecular complexity index is 857. The molecule has 2 aromatic carbocycles. The Labute approximate surface area is 154 Å². The first-order valence-corrected chi connectivity index (χ1v) is 9.15. The third kappa shape index (κ3) is 4.63. The molecule has 136 valence electrons. The molecular formula is C21H25N3O2. The van der Waals surface area contributed by atoms with E-state index in [4.69, 9.17) is 4.74 Å². The number of benzene rings is 2. The average Bonchev–Trinajstić information content (AvgIpc) is 3.08. The zero-order chi connectivity index (χ0) is 18.2. The number of rotatable bonds is 9. The van der Waals surface area contributed by atoms with Crippen molar-refractivity contribution in [3.05, 3.63) is 60.4 Å². The van der Waals surface area contributed by atoms with Crippen LogP contribution in [0.3, 0.4) is 0 Å². The van der Waals surface area contributed by atoms with Crippen LogP contribution in [0.5, 0.6) is 5.75 Å². The van der Waals surface area contributed by atoms with Gasteiger partial charge >= 0.3 is 0 Å². The lowest BCUT2D eigenvalue weighted by molar-refractivity contribution is -0.121. The fourth-order valence-corrected chi connectivity index (χ4v) is 3.01. The van der Waals surface area contributed by atoms with E-state index in [1.165, 1.54) is 0 Å². The second kappa shape index (κ2) is 9.04. The molecule has 0 aliphatic rings. The van der Waals surface area contributed by atoms with Crippen LogP contribution in [0.25, 0.3) is 11.0 Å². The van der Waals surface area contributed by atoms with Crippen LogP contribution in [0.4, 0.5) is 0 Å². The minimum Gasteiger partial charge on any atom is -0.494 e. The Morgan fingerprint density at radius 1 is 1.15 bits per heavy atom. The van der Waals surface area contributed by atoms with Gasteiger partial charge < -0.3 is 14.6 Å². The third-order valence-electron chi connectivity index (χ3n) is 4.32. The van der Waals surface area contributed by atoms with Gasteiger partial charge in [0.1, 0.15) is 5.75 Å². The van der Waals surface area contributed by atoms with E-state index in [9.17, 15) is 4.79 Å². The van der Waals surface area contributed by atoms with Crippen LogP contribution in [0.1, 0.15) is 25.3 Å². The number of nitrogens with one attached hydrogen (secondary N) is 1. The number of hydrogen-bond acceptors (Lipinski definition) is 3. The van der Waals surface area contributed by atoms with E-state index in [-0.39, 0.29) is 5.91 Å². The molecule has 1 N–H and O–H groups in total. The standard InChI is InChI=1S/C21H25N3O2/c1-2-26-20-11-6-3-8-17(20)12-13-21(25)22-14-7-15-24-16-23-18-9-4-5-10-19(18)24/h3-6,8-11,16H,2,7,12-15H2,1H3,(H,22,25). The highest BCUT2D eigenvalue weighted by Gasteiger charge is 2.07. The van der Waals surface area contributed by atoms with Crippen molar-refractivity contribution in [2.75, 3.05) is 13.2 Å². The lowest BCUT2D eigenvalue weighted by atomic mass is 10.1. The van der Waals surface area contributed by atoms with Crippen LogP contribution in [-0.4, -0.2) is 28.6 Å². The van der Waals surface area contributed by atoms with Crippen molar-refractivity contribution < 1.29 is 9.53 Å². The molecular weight excluding hydrogens is 326 g/mol. The Kier molecular flexibility index (Phi) is 6.25. The molecule has 0 atom stereocenters. The molecule has 0 spiro atoms. The number of fused-ring (bicyclic) bond motifs is 1. The van der Waals surface area contributed by atoms with E-state index in [1.54, 1.807) is 0 Å². The van der Waals surface area contributed by atoms with Gasteiger partial charge in [-0.15, -0.1) is 0 Å². The normalized spacial score (nSPS) is 10.8. The molecule has 0 aliphatic carbocycles. The van der Waals surface area contributed by atoms with Gasteiger partial charge in [0, 0.05) is 19.5 Å². The number of para-hydroxylation sites is 3. The zero-order valence-electron chi connectivity index (χ0n) is 15.1. The lowest BCUT2D eigenvalue weighted by Gasteiger charge is -2.10. The molecule has 26 heavy (non-hydrogen) atoms. The minimum atomic E-state index is 0.0757. The highest BCUT2D eigenvalue weighted by Crippen LogP contribution is 2.19. The Morgan fingerprint density at radius 3 is 2.85 bits per heavy atom. The van der Waals surface area contributed by atoms with Crippen LogP contribution in [0.2, 0.25) is 0 Å². The van der Waals surface area contributed by atoms with E-state index < -0.39 is 0 Å². The maximum Gasteiger partial charge on any atom is 0.220 e. The predicted molar refractivity (Wildman–Crippen MR) is 103 cm³/mol. The molecule has 3 rings (SSSR count). The van der Waals surface area contributed by atoms with Gasteiger partial charge in [-0.25, -0.2) is 4.98 Å². The summed E-state index contributed by atoms with van der Waals surface area (Å²) in [6.07, 6.45) is 3.89. The molecule has 0 fully saturated rings. The summed E-state index contributed by atoms with van der Waals surface area (Å²) >= 11 is 0. The molecule has 0 unspecified atom stereocenters. The van der Waals surface area contributed by atoms with Gasteiger partial charge in [-0.2, -0.15) is 0 Å².